The molecule has 0 unspecified atom stereocenters. The van der Waals surface area contributed by atoms with E-state index in [4.69, 9.17) is 5.26 Å². The van der Waals surface area contributed by atoms with Crippen LogP contribution in [-0.4, -0.2) is 22.3 Å². The molecule has 0 saturated heterocycles. The second-order valence-corrected chi connectivity index (χ2v) is 5.42. The number of carbonyl (C=O) groups is 1. The van der Waals surface area contributed by atoms with Crippen molar-refractivity contribution in [2.75, 3.05) is 6.54 Å². The number of rotatable bonds is 8. The Hall–Kier alpha value is -2.67. The summed E-state index contributed by atoms with van der Waals surface area (Å²) in [4.78, 5) is 18.3. The van der Waals surface area contributed by atoms with Gasteiger partial charge in [-0.25, -0.2) is 0 Å². The number of pyridine rings is 1. The van der Waals surface area contributed by atoms with Crippen LogP contribution in [0.25, 0.3) is 0 Å². The Bertz CT molecular complexity index is 635. The van der Waals surface area contributed by atoms with Crippen molar-refractivity contribution >= 4 is 5.91 Å². The Morgan fingerprint density at radius 1 is 1.13 bits per heavy atom. The van der Waals surface area contributed by atoms with E-state index in [1.54, 1.807) is 17.3 Å². The topological polar surface area (TPSA) is 57.0 Å². The molecule has 0 aliphatic heterocycles. The molecular formula is C19H21N3O. The van der Waals surface area contributed by atoms with Crippen molar-refractivity contribution < 1.29 is 4.79 Å². The highest BCUT2D eigenvalue weighted by Crippen LogP contribution is 2.10. The molecule has 2 rings (SSSR count). The maximum Gasteiger partial charge on any atom is 0.222 e. The van der Waals surface area contributed by atoms with Gasteiger partial charge in [-0.1, -0.05) is 36.4 Å². The van der Waals surface area contributed by atoms with Crippen LogP contribution >= 0.6 is 0 Å². The average molecular weight is 307 g/mol. The highest BCUT2D eigenvalue weighted by molar-refractivity contribution is 5.76. The predicted molar refractivity (Wildman–Crippen MR) is 89.3 cm³/mol. The van der Waals surface area contributed by atoms with Gasteiger partial charge >= 0.3 is 0 Å². The Kier molecular flexibility index (Phi) is 6.80. The Labute approximate surface area is 137 Å². The zero-order valence-electron chi connectivity index (χ0n) is 13.2. The molecule has 0 saturated carbocycles. The minimum Gasteiger partial charge on any atom is -0.337 e. The molecular weight excluding hydrogens is 286 g/mol. The van der Waals surface area contributed by atoms with Crippen LogP contribution in [0.3, 0.4) is 0 Å². The molecule has 0 bridgehead atoms. The number of benzene rings is 1. The van der Waals surface area contributed by atoms with Crippen molar-refractivity contribution in [3.63, 3.8) is 0 Å². The third-order valence-corrected chi connectivity index (χ3v) is 3.64. The summed E-state index contributed by atoms with van der Waals surface area (Å²) in [5.41, 5.74) is 2.23. The summed E-state index contributed by atoms with van der Waals surface area (Å²) >= 11 is 0. The molecule has 0 aliphatic rings. The summed E-state index contributed by atoms with van der Waals surface area (Å²) in [6.07, 6.45) is 6.04. The third-order valence-electron chi connectivity index (χ3n) is 3.64. The summed E-state index contributed by atoms with van der Waals surface area (Å²) in [5, 5.41) is 8.79. The van der Waals surface area contributed by atoms with Gasteiger partial charge in [0, 0.05) is 31.9 Å². The van der Waals surface area contributed by atoms with Crippen LogP contribution in [0.15, 0.2) is 54.9 Å². The number of hydrogen-bond donors (Lipinski definition) is 0. The van der Waals surface area contributed by atoms with Gasteiger partial charge < -0.3 is 4.90 Å². The average Bonchev–Trinajstić information content (AvgIpc) is 2.60. The fourth-order valence-corrected chi connectivity index (χ4v) is 2.44. The molecule has 0 aliphatic carbocycles. The molecule has 4 nitrogen and oxygen atoms in total. The summed E-state index contributed by atoms with van der Waals surface area (Å²) < 4.78 is 0. The molecule has 4 heteroatoms. The van der Waals surface area contributed by atoms with E-state index in [0.29, 0.717) is 25.9 Å². The van der Waals surface area contributed by atoms with E-state index >= 15 is 0 Å². The first kappa shape index (κ1) is 16.7. The van der Waals surface area contributed by atoms with Crippen LogP contribution in [0.5, 0.6) is 0 Å². The van der Waals surface area contributed by atoms with Crippen LogP contribution in [0, 0.1) is 11.3 Å². The lowest BCUT2D eigenvalue weighted by Gasteiger charge is -2.21. The SMILES string of the molecule is N#CCCN(Cc1cccnc1)C(=O)CCCc1ccccc1. The fourth-order valence-electron chi connectivity index (χ4n) is 2.44. The Morgan fingerprint density at radius 3 is 2.61 bits per heavy atom. The van der Waals surface area contributed by atoms with Crippen molar-refractivity contribution in [3.8, 4) is 6.07 Å². The summed E-state index contributed by atoms with van der Waals surface area (Å²) in [5.74, 6) is 0.0973. The molecule has 1 amide bonds. The first-order chi connectivity index (χ1) is 11.3. The first-order valence-electron chi connectivity index (χ1n) is 7.87. The molecule has 1 heterocycles. The summed E-state index contributed by atoms with van der Waals surface area (Å²) in [6.45, 7) is 0.981. The van der Waals surface area contributed by atoms with Crippen LogP contribution in [-0.2, 0) is 17.8 Å². The largest absolute Gasteiger partial charge is 0.337 e. The lowest BCUT2D eigenvalue weighted by molar-refractivity contribution is -0.131. The number of amides is 1. The Morgan fingerprint density at radius 2 is 1.91 bits per heavy atom. The third kappa shape index (κ3) is 5.91. The second-order valence-electron chi connectivity index (χ2n) is 5.42. The number of aryl methyl sites for hydroxylation is 1. The van der Waals surface area contributed by atoms with Gasteiger partial charge in [0.1, 0.15) is 0 Å². The second kappa shape index (κ2) is 9.37. The fraction of sp³-hybridized carbons (Fsp3) is 0.316. The summed E-state index contributed by atoms with van der Waals surface area (Å²) in [6, 6.07) is 16.1. The van der Waals surface area contributed by atoms with Gasteiger partial charge in [0.05, 0.1) is 12.5 Å². The minimum absolute atomic E-state index is 0.0973. The van der Waals surface area contributed by atoms with E-state index < -0.39 is 0 Å². The van der Waals surface area contributed by atoms with Crippen molar-refractivity contribution in [3.05, 3.63) is 66.0 Å². The molecule has 0 atom stereocenters. The number of aromatic nitrogens is 1. The van der Waals surface area contributed by atoms with Gasteiger partial charge in [-0.15, -0.1) is 0 Å². The van der Waals surface area contributed by atoms with E-state index in [9.17, 15) is 4.79 Å². The van der Waals surface area contributed by atoms with Crippen LogP contribution in [0.4, 0.5) is 0 Å². The van der Waals surface area contributed by atoms with Crippen LogP contribution in [0.1, 0.15) is 30.4 Å². The molecule has 118 valence electrons. The molecule has 1 aromatic heterocycles. The van der Waals surface area contributed by atoms with Crippen LogP contribution in [0.2, 0.25) is 0 Å². The van der Waals surface area contributed by atoms with E-state index in [1.165, 1.54) is 5.56 Å². The zero-order valence-corrected chi connectivity index (χ0v) is 13.2. The molecule has 23 heavy (non-hydrogen) atoms. The number of carbonyl (C=O) groups excluding carboxylic acids is 1. The van der Waals surface area contributed by atoms with E-state index in [-0.39, 0.29) is 5.91 Å². The monoisotopic (exact) mass is 307 g/mol. The molecule has 1 aromatic carbocycles. The van der Waals surface area contributed by atoms with Gasteiger partial charge in [-0.2, -0.15) is 5.26 Å². The zero-order chi connectivity index (χ0) is 16.3. The standard InChI is InChI=1S/C19H21N3O/c20-12-6-14-22(16-18-10-5-13-21-15-18)19(23)11-4-9-17-7-2-1-3-8-17/h1-3,5,7-8,10,13,15H,4,6,9,11,14,16H2. The lowest BCUT2D eigenvalue weighted by atomic mass is 10.1. The van der Waals surface area contributed by atoms with Crippen LogP contribution < -0.4 is 0 Å². The highest BCUT2D eigenvalue weighted by atomic mass is 16.2. The van der Waals surface area contributed by atoms with Gasteiger partial charge in [-0.05, 0) is 30.0 Å². The van der Waals surface area contributed by atoms with E-state index in [1.807, 2.05) is 30.3 Å². The Balaban J connectivity index is 1.87. The highest BCUT2D eigenvalue weighted by Gasteiger charge is 2.13. The van der Waals surface area contributed by atoms with Gasteiger partial charge in [-0.3, -0.25) is 9.78 Å². The number of nitriles is 1. The molecule has 0 fully saturated rings. The first-order valence-corrected chi connectivity index (χ1v) is 7.87. The normalized spacial score (nSPS) is 10.0. The number of nitrogens with zero attached hydrogens (tertiary/aromatic N) is 3. The smallest absolute Gasteiger partial charge is 0.222 e. The lowest BCUT2D eigenvalue weighted by Crippen LogP contribution is -2.31. The molecule has 0 N–H and O–H groups in total. The van der Waals surface area contributed by atoms with E-state index in [2.05, 4.69) is 23.2 Å². The van der Waals surface area contributed by atoms with Crippen molar-refractivity contribution in [1.29, 1.82) is 5.26 Å². The predicted octanol–water partition coefficient (Wildman–Crippen LogP) is 3.35. The van der Waals surface area contributed by atoms with Gasteiger partial charge in [0.25, 0.3) is 0 Å². The molecule has 0 radical (unpaired) electrons. The van der Waals surface area contributed by atoms with Crippen molar-refractivity contribution in [2.45, 2.75) is 32.2 Å². The maximum absolute atomic E-state index is 12.4. The minimum atomic E-state index is 0.0973. The summed E-state index contributed by atoms with van der Waals surface area (Å²) in [7, 11) is 0. The van der Waals surface area contributed by atoms with E-state index in [0.717, 1.165) is 18.4 Å². The van der Waals surface area contributed by atoms with Crippen molar-refractivity contribution in [1.82, 2.24) is 9.88 Å². The van der Waals surface area contributed by atoms with Gasteiger partial charge in [0.2, 0.25) is 5.91 Å². The molecule has 2 aromatic rings. The quantitative estimate of drug-likeness (QED) is 0.751. The maximum atomic E-state index is 12.4. The van der Waals surface area contributed by atoms with Crippen molar-refractivity contribution in [2.24, 2.45) is 0 Å². The molecule has 0 spiro atoms. The van der Waals surface area contributed by atoms with Gasteiger partial charge in [0.15, 0.2) is 0 Å². The number of hydrogen-bond acceptors (Lipinski definition) is 3.